The summed E-state index contributed by atoms with van der Waals surface area (Å²) in [5.74, 6) is 0.372. The molecule has 0 saturated carbocycles. The van der Waals surface area contributed by atoms with E-state index in [1.54, 1.807) is 0 Å². The second-order valence-electron chi connectivity index (χ2n) is 6.59. The van der Waals surface area contributed by atoms with Crippen LogP contribution in [0, 0.1) is 0 Å². The molecule has 0 bridgehead atoms. The number of rotatable bonds is 6. The Morgan fingerprint density at radius 2 is 2.05 bits per heavy atom. The third-order valence-electron chi connectivity index (χ3n) is 3.54. The fourth-order valence-electron chi connectivity index (χ4n) is 2.62. The minimum atomic E-state index is -0.468. The van der Waals surface area contributed by atoms with Crippen LogP contribution in [0.1, 0.15) is 47.5 Å². The molecule has 128 valence electrons. The predicted molar refractivity (Wildman–Crippen MR) is 90.1 cm³/mol. The molecule has 6 heteroatoms. The molecule has 1 aliphatic heterocycles. The van der Waals surface area contributed by atoms with Crippen LogP contribution in [0.4, 0.5) is 0 Å². The molecule has 0 spiro atoms. The van der Waals surface area contributed by atoms with Gasteiger partial charge in [-0.05, 0) is 53.6 Å². The maximum absolute atomic E-state index is 11.7. The average molecular weight is 312 g/mol. The topological polar surface area (TPSA) is 66.0 Å². The summed E-state index contributed by atoms with van der Waals surface area (Å²) in [5.41, 5.74) is -0.468. The number of ether oxygens (including phenoxy) is 1. The van der Waals surface area contributed by atoms with Gasteiger partial charge in [-0.2, -0.15) is 0 Å². The maximum atomic E-state index is 11.7. The Bertz CT molecular complexity index is 377. The SMILES string of the molecule is CCNC(=NCC(=O)OC(C)(C)C)NCC1CCCN1CC. The normalized spacial score (nSPS) is 20.0. The molecule has 1 aliphatic rings. The van der Waals surface area contributed by atoms with Crippen LogP contribution in [0.5, 0.6) is 0 Å². The van der Waals surface area contributed by atoms with E-state index < -0.39 is 5.60 Å². The molecule has 6 nitrogen and oxygen atoms in total. The standard InChI is InChI=1S/C16H32N4O2/c1-6-17-15(19-12-14(21)22-16(3,4)5)18-11-13-9-8-10-20(13)7-2/h13H,6-12H2,1-5H3,(H2,17,18,19). The number of guanidine groups is 1. The Balaban J connectivity index is 2.46. The van der Waals surface area contributed by atoms with E-state index in [1.807, 2.05) is 27.7 Å². The van der Waals surface area contributed by atoms with Crippen molar-refractivity contribution in [1.29, 1.82) is 0 Å². The highest BCUT2D eigenvalue weighted by atomic mass is 16.6. The van der Waals surface area contributed by atoms with Crippen molar-refractivity contribution in [3.8, 4) is 0 Å². The Labute approximate surface area is 134 Å². The number of hydrogen-bond acceptors (Lipinski definition) is 4. The Morgan fingerprint density at radius 1 is 1.32 bits per heavy atom. The monoisotopic (exact) mass is 312 g/mol. The third kappa shape index (κ3) is 7.11. The van der Waals surface area contributed by atoms with Crippen LogP contribution >= 0.6 is 0 Å². The van der Waals surface area contributed by atoms with Crippen molar-refractivity contribution in [3.05, 3.63) is 0 Å². The molecule has 2 N–H and O–H groups in total. The van der Waals surface area contributed by atoms with Crippen LogP contribution in [-0.2, 0) is 9.53 Å². The van der Waals surface area contributed by atoms with E-state index in [0.29, 0.717) is 12.0 Å². The summed E-state index contributed by atoms with van der Waals surface area (Å²) in [4.78, 5) is 18.5. The first kappa shape index (κ1) is 18.7. The molecule has 1 heterocycles. The largest absolute Gasteiger partial charge is 0.459 e. The molecular formula is C16H32N4O2. The van der Waals surface area contributed by atoms with Gasteiger partial charge in [0.25, 0.3) is 0 Å². The van der Waals surface area contributed by atoms with Gasteiger partial charge in [0.15, 0.2) is 5.96 Å². The van der Waals surface area contributed by atoms with Crippen LogP contribution < -0.4 is 10.6 Å². The summed E-state index contributed by atoms with van der Waals surface area (Å²) in [5, 5.41) is 6.50. The lowest BCUT2D eigenvalue weighted by Gasteiger charge is -2.24. The molecule has 0 radical (unpaired) electrons. The minimum Gasteiger partial charge on any atom is -0.459 e. The molecule has 1 unspecified atom stereocenters. The number of esters is 1. The number of nitrogens with zero attached hydrogens (tertiary/aromatic N) is 2. The molecule has 22 heavy (non-hydrogen) atoms. The summed E-state index contributed by atoms with van der Waals surface area (Å²) in [7, 11) is 0. The van der Waals surface area contributed by atoms with Crippen molar-refractivity contribution in [2.75, 3.05) is 32.7 Å². The van der Waals surface area contributed by atoms with E-state index >= 15 is 0 Å². The summed E-state index contributed by atoms with van der Waals surface area (Å²) < 4.78 is 5.27. The number of aliphatic imine (C=N–C) groups is 1. The van der Waals surface area contributed by atoms with Gasteiger partial charge in [0, 0.05) is 19.1 Å². The van der Waals surface area contributed by atoms with Crippen LogP contribution in [0.25, 0.3) is 0 Å². The molecular weight excluding hydrogens is 280 g/mol. The zero-order valence-electron chi connectivity index (χ0n) is 14.7. The van der Waals surface area contributed by atoms with Gasteiger partial charge >= 0.3 is 5.97 Å². The highest BCUT2D eigenvalue weighted by Crippen LogP contribution is 2.15. The van der Waals surface area contributed by atoms with Crippen molar-refractivity contribution < 1.29 is 9.53 Å². The number of nitrogens with one attached hydrogen (secondary N) is 2. The highest BCUT2D eigenvalue weighted by Gasteiger charge is 2.22. The van der Waals surface area contributed by atoms with Gasteiger partial charge in [0.2, 0.25) is 0 Å². The van der Waals surface area contributed by atoms with Gasteiger partial charge in [0.1, 0.15) is 12.1 Å². The second-order valence-corrected chi connectivity index (χ2v) is 6.59. The quantitative estimate of drug-likeness (QED) is 0.440. The van der Waals surface area contributed by atoms with E-state index in [0.717, 1.165) is 19.6 Å². The van der Waals surface area contributed by atoms with Crippen LogP contribution in [0.15, 0.2) is 4.99 Å². The molecule has 1 saturated heterocycles. The molecule has 1 atom stereocenters. The predicted octanol–water partition coefficient (Wildman–Crippen LogP) is 1.37. The Morgan fingerprint density at radius 3 is 2.64 bits per heavy atom. The second kappa shape index (κ2) is 8.98. The van der Waals surface area contributed by atoms with Crippen LogP contribution in [-0.4, -0.2) is 61.2 Å². The molecule has 0 aliphatic carbocycles. The lowest BCUT2D eigenvalue weighted by atomic mass is 10.2. The summed E-state index contributed by atoms with van der Waals surface area (Å²) in [6, 6.07) is 0.551. The van der Waals surface area contributed by atoms with Crippen molar-refractivity contribution in [2.24, 2.45) is 4.99 Å². The Kier molecular flexibility index (Phi) is 7.65. The first-order valence-corrected chi connectivity index (χ1v) is 8.33. The van der Waals surface area contributed by atoms with Crippen molar-refractivity contribution in [3.63, 3.8) is 0 Å². The number of hydrogen-bond donors (Lipinski definition) is 2. The Hall–Kier alpha value is -1.30. The van der Waals surface area contributed by atoms with Gasteiger partial charge in [-0.3, -0.25) is 9.69 Å². The fraction of sp³-hybridized carbons (Fsp3) is 0.875. The van der Waals surface area contributed by atoms with E-state index in [1.165, 1.54) is 19.4 Å². The van der Waals surface area contributed by atoms with E-state index in [-0.39, 0.29) is 12.5 Å². The molecule has 0 aromatic rings. The molecule has 1 fully saturated rings. The fourth-order valence-corrected chi connectivity index (χ4v) is 2.62. The first-order valence-electron chi connectivity index (χ1n) is 8.33. The lowest BCUT2D eigenvalue weighted by Crippen LogP contribution is -2.45. The number of likely N-dealkylation sites (tertiary alicyclic amines) is 1. The van der Waals surface area contributed by atoms with E-state index in [4.69, 9.17) is 4.74 Å². The first-order chi connectivity index (χ1) is 10.4. The van der Waals surface area contributed by atoms with Gasteiger partial charge < -0.3 is 15.4 Å². The van der Waals surface area contributed by atoms with Crippen molar-refractivity contribution in [2.45, 2.75) is 59.1 Å². The zero-order chi connectivity index (χ0) is 16.6. The lowest BCUT2D eigenvalue weighted by molar-refractivity contribution is -0.152. The van der Waals surface area contributed by atoms with Gasteiger partial charge in [0.05, 0.1) is 0 Å². The smallest absolute Gasteiger partial charge is 0.328 e. The van der Waals surface area contributed by atoms with Crippen LogP contribution in [0.2, 0.25) is 0 Å². The molecule has 0 aromatic heterocycles. The number of likely N-dealkylation sites (N-methyl/N-ethyl adjacent to an activating group) is 1. The van der Waals surface area contributed by atoms with Crippen molar-refractivity contribution in [1.82, 2.24) is 15.5 Å². The summed E-state index contributed by atoms with van der Waals surface area (Å²) >= 11 is 0. The number of carbonyl (C=O) groups is 1. The third-order valence-corrected chi connectivity index (χ3v) is 3.54. The maximum Gasteiger partial charge on any atom is 0.328 e. The zero-order valence-corrected chi connectivity index (χ0v) is 14.7. The summed E-state index contributed by atoms with van der Waals surface area (Å²) in [6.07, 6.45) is 2.47. The van der Waals surface area contributed by atoms with Gasteiger partial charge in [-0.1, -0.05) is 6.92 Å². The van der Waals surface area contributed by atoms with E-state index in [2.05, 4.69) is 27.4 Å². The van der Waals surface area contributed by atoms with Gasteiger partial charge in [-0.15, -0.1) is 0 Å². The highest BCUT2D eigenvalue weighted by molar-refractivity contribution is 5.83. The average Bonchev–Trinajstić information content (AvgIpc) is 2.87. The summed E-state index contributed by atoms with van der Waals surface area (Å²) in [6.45, 7) is 13.7. The molecule has 0 amide bonds. The number of carbonyl (C=O) groups excluding carboxylic acids is 1. The van der Waals surface area contributed by atoms with Crippen LogP contribution in [0.3, 0.4) is 0 Å². The minimum absolute atomic E-state index is 0.0365. The molecule has 0 aromatic carbocycles. The van der Waals surface area contributed by atoms with E-state index in [9.17, 15) is 4.79 Å². The molecule has 1 rings (SSSR count). The van der Waals surface area contributed by atoms with Gasteiger partial charge in [-0.25, -0.2) is 4.99 Å². The van der Waals surface area contributed by atoms with Crippen molar-refractivity contribution >= 4 is 11.9 Å².